The molecule has 0 spiro atoms. The zero-order chi connectivity index (χ0) is 13.8. The number of aromatic nitrogens is 2. The first kappa shape index (κ1) is 12.6. The van der Waals surface area contributed by atoms with Gasteiger partial charge in [-0.05, 0) is 25.7 Å². The van der Waals surface area contributed by atoms with E-state index in [9.17, 15) is 13.2 Å². The molecule has 0 aliphatic heterocycles. The number of amides is 1. The molecule has 0 bridgehead atoms. The van der Waals surface area contributed by atoms with Gasteiger partial charge in [0, 0.05) is 19.0 Å². The van der Waals surface area contributed by atoms with E-state index in [1.54, 1.807) is 11.9 Å². The molecule has 0 radical (unpaired) electrons. The third kappa shape index (κ3) is 2.25. The van der Waals surface area contributed by atoms with Crippen molar-refractivity contribution in [1.29, 1.82) is 0 Å². The molecule has 1 heterocycles. The Morgan fingerprint density at radius 3 is 2.47 bits per heavy atom. The quantitative estimate of drug-likeness (QED) is 0.821. The molecule has 2 fully saturated rings. The third-order valence-corrected chi connectivity index (χ3v) is 4.62. The van der Waals surface area contributed by atoms with E-state index in [-0.39, 0.29) is 28.5 Å². The fourth-order valence-electron chi connectivity index (χ4n) is 2.22. The number of hydrogen-bond donors (Lipinski definition) is 2. The lowest BCUT2D eigenvalue weighted by Gasteiger charge is -2.15. The van der Waals surface area contributed by atoms with Crippen LogP contribution in [0.3, 0.4) is 0 Å². The Labute approximate surface area is 111 Å². The van der Waals surface area contributed by atoms with Gasteiger partial charge in [0.1, 0.15) is 4.90 Å². The zero-order valence-electron chi connectivity index (χ0n) is 10.6. The molecule has 3 N–H and O–H groups in total. The van der Waals surface area contributed by atoms with Crippen molar-refractivity contribution in [1.82, 2.24) is 15.1 Å². The van der Waals surface area contributed by atoms with Gasteiger partial charge in [-0.3, -0.25) is 9.89 Å². The highest BCUT2D eigenvalue weighted by Crippen LogP contribution is 2.42. The van der Waals surface area contributed by atoms with Gasteiger partial charge in [-0.15, -0.1) is 0 Å². The SMILES string of the molecule is CN(C(=O)c1n[nH]c(C2CC2)c1S(N)(=O)=O)C1CC1. The zero-order valence-corrected chi connectivity index (χ0v) is 11.4. The van der Waals surface area contributed by atoms with Gasteiger partial charge in [-0.2, -0.15) is 5.10 Å². The second kappa shape index (κ2) is 4.04. The molecule has 19 heavy (non-hydrogen) atoms. The summed E-state index contributed by atoms with van der Waals surface area (Å²) in [6.45, 7) is 0. The minimum absolute atomic E-state index is 0.0706. The summed E-state index contributed by atoms with van der Waals surface area (Å²) in [4.78, 5) is 13.7. The molecule has 2 aliphatic carbocycles. The molecule has 2 aliphatic rings. The van der Waals surface area contributed by atoms with Gasteiger partial charge in [0.25, 0.3) is 5.91 Å². The number of carbonyl (C=O) groups excluding carboxylic acids is 1. The van der Waals surface area contributed by atoms with Crippen LogP contribution < -0.4 is 5.14 Å². The largest absolute Gasteiger partial charge is 0.337 e. The Morgan fingerprint density at radius 1 is 1.37 bits per heavy atom. The van der Waals surface area contributed by atoms with Crippen molar-refractivity contribution in [3.8, 4) is 0 Å². The van der Waals surface area contributed by atoms with Gasteiger partial charge in [-0.1, -0.05) is 0 Å². The normalized spacial score (nSPS) is 19.5. The third-order valence-electron chi connectivity index (χ3n) is 3.64. The first-order valence-electron chi connectivity index (χ1n) is 6.28. The van der Waals surface area contributed by atoms with Crippen LogP contribution in [0.15, 0.2) is 4.90 Å². The summed E-state index contributed by atoms with van der Waals surface area (Å²) in [6.07, 6.45) is 3.70. The molecule has 0 unspecified atom stereocenters. The lowest BCUT2D eigenvalue weighted by Crippen LogP contribution is -2.31. The van der Waals surface area contributed by atoms with Crippen molar-refractivity contribution in [2.75, 3.05) is 7.05 Å². The van der Waals surface area contributed by atoms with Gasteiger partial charge in [-0.25, -0.2) is 13.6 Å². The van der Waals surface area contributed by atoms with E-state index in [2.05, 4.69) is 10.2 Å². The van der Waals surface area contributed by atoms with E-state index in [4.69, 9.17) is 5.14 Å². The predicted molar refractivity (Wildman–Crippen MR) is 67.1 cm³/mol. The first-order chi connectivity index (χ1) is 8.89. The van der Waals surface area contributed by atoms with Crippen LogP contribution in [0.5, 0.6) is 0 Å². The van der Waals surface area contributed by atoms with Gasteiger partial charge in [0.15, 0.2) is 5.69 Å². The van der Waals surface area contributed by atoms with Crippen LogP contribution >= 0.6 is 0 Å². The van der Waals surface area contributed by atoms with Crippen molar-refractivity contribution in [3.63, 3.8) is 0 Å². The van der Waals surface area contributed by atoms with Crippen molar-refractivity contribution in [3.05, 3.63) is 11.4 Å². The fourth-order valence-corrected chi connectivity index (χ4v) is 3.14. The Hall–Kier alpha value is -1.41. The van der Waals surface area contributed by atoms with E-state index < -0.39 is 10.0 Å². The maximum Gasteiger partial charge on any atom is 0.275 e. The number of aromatic amines is 1. The molecule has 0 aromatic carbocycles. The molecule has 104 valence electrons. The summed E-state index contributed by atoms with van der Waals surface area (Å²) >= 11 is 0. The topological polar surface area (TPSA) is 109 Å². The predicted octanol–water partition coefficient (Wildman–Crippen LogP) is 0.169. The molecule has 7 nitrogen and oxygen atoms in total. The molecule has 0 saturated heterocycles. The van der Waals surface area contributed by atoms with Crippen LogP contribution in [0, 0.1) is 0 Å². The minimum atomic E-state index is -3.95. The van der Waals surface area contributed by atoms with Crippen molar-refractivity contribution < 1.29 is 13.2 Å². The maximum absolute atomic E-state index is 12.3. The number of H-pyrrole nitrogens is 1. The van der Waals surface area contributed by atoms with Gasteiger partial charge >= 0.3 is 0 Å². The average Bonchev–Trinajstić information content (AvgIpc) is 3.22. The summed E-state index contributed by atoms with van der Waals surface area (Å²) in [5, 5.41) is 11.8. The second-order valence-electron chi connectivity index (χ2n) is 5.28. The summed E-state index contributed by atoms with van der Waals surface area (Å²) in [5.41, 5.74) is 0.411. The van der Waals surface area contributed by atoms with Gasteiger partial charge < -0.3 is 4.90 Å². The molecule has 2 saturated carbocycles. The molecule has 8 heteroatoms. The van der Waals surface area contributed by atoms with E-state index >= 15 is 0 Å². The van der Waals surface area contributed by atoms with Crippen molar-refractivity contribution in [2.45, 2.75) is 42.5 Å². The lowest BCUT2D eigenvalue weighted by atomic mass is 10.2. The molecule has 1 aromatic rings. The van der Waals surface area contributed by atoms with Crippen LogP contribution in [0.25, 0.3) is 0 Å². The number of carbonyl (C=O) groups is 1. The molecule has 1 aromatic heterocycles. The molecular weight excluding hydrogens is 268 g/mol. The van der Waals surface area contributed by atoms with E-state index in [0.717, 1.165) is 25.7 Å². The van der Waals surface area contributed by atoms with Gasteiger partial charge in [0.05, 0.1) is 5.69 Å². The smallest absolute Gasteiger partial charge is 0.275 e. The van der Waals surface area contributed by atoms with Crippen LogP contribution in [0.2, 0.25) is 0 Å². The highest BCUT2D eigenvalue weighted by Gasteiger charge is 2.38. The maximum atomic E-state index is 12.3. The summed E-state index contributed by atoms with van der Waals surface area (Å²) < 4.78 is 23.5. The second-order valence-corrected chi connectivity index (χ2v) is 6.78. The van der Waals surface area contributed by atoms with E-state index in [1.165, 1.54) is 0 Å². The molecular formula is C11H16N4O3S. The van der Waals surface area contributed by atoms with Crippen LogP contribution in [0.1, 0.15) is 47.8 Å². The number of rotatable bonds is 4. The minimum Gasteiger partial charge on any atom is -0.337 e. The molecule has 0 atom stereocenters. The Morgan fingerprint density at radius 2 is 2.00 bits per heavy atom. The summed E-state index contributed by atoms with van der Waals surface area (Å²) in [5.74, 6) is -0.247. The van der Waals surface area contributed by atoms with Crippen LogP contribution in [-0.4, -0.2) is 42.5 Å². The van der Waals surface area contributed by atoms with Gasteiger partial charge in [0.2, 0.25) is 10.0 Å². The number of nitrogens with zero attached hydrogens (tertiary/aromatic N) is 2. The Balaban J connectivity index is 2.03. The van der Waals surface area contributed by atoms with Crippen LogP contribution in [-0.2, 0) is 10.0 Å². The van der Waals surface area contributed by atoms with E-state index in [1.807, 2.05) is 0 Å². The van der Waals surface area contributed by atoms with Crippen LogP contribution in [0.4, 0.5) is 0 Å². The van der Waals surface area contributed by atoms with E-state index in [0.29, 0.717) is 5.69 Å². The lowest BCUT2D eigenvalue weighted by molar-refractivity contribution is 0.0775. The summed E-state index contributed by atoms with van der Waals surface area (Å²) in [7, 11) is -2.29. The fraction of sp³-hybridized carbons (Fsp3) is 0.636. The van der Waals surface area contributed by atoms with Crippen molar-refractivity contribution >= 4 is 15.9 Å². The highest BCUT2D eigenvalue weighted by atomic mass is 32.2. The Bertz CT molecular complexity index is 628. The highest BCUT2D eigenvalue weighted by molar-refractivity contribution is 7.89. The number of hydrogen-bond acceptors (Lipinski definition) is 4. The molecule has 3 rings (SSSR count). The standard InChI is InChI=1S/C11H16N4O3S/c1-15(7-4-5-7)11(16)9-10(19(12,17)18)8(13-14-9)6-2-3-6/h6-7H,2-5H2,1H3,(H,13,14)(H2,12,17,18). The molecule has 1 amide bonds. The monoisotopic (exact) mass is 284 g/mol. The number of nitrogens with one attached hydrogen (secondary N) is 1. The average molecular weight is 284 g/mol. The number of nitrogens with two attached hydrogens (primary N) is 1. The number of sulfonamides is 1. The number of primary sulfonamides is 1. The first-order valence-corrected chi connectivity index (χ1v) is 7.82. The Kier molecular flexibility index (Phi) is 2.68. The van der Waals surface area contributed by atoms with Crippen molar-refractivity contribution in [2.24, 2.45) is 5.14 Å². The summed E-state index contributed by atoms with van der Waals surface area (Å²) in [6, 6.07) is 0.196.